The molecule has 0 aliphatic carbocycles. The van der Waals surface area contributed by atoms with Crippen molar-refractivity contribution in [1.29, 1.82) is 0 Å². The topological polar surface area (TPSA) is 3.24 Å². The van der Waals surface area contributed by atoms with Gasteiger partial charge in [-0.15, -0.1) is 0 Å². The number of benzene rings is 2. The lowest BCUT2D eigenvalue weighted by atomic mass is 10.0. The van der Waals surface area contributed by atoms with Gasteiger partial charge in [0, 0.05) is 11.1 Å². The molecule has 0 bridgehead atoms. The lowest BCUT2D eigenvalue weighted by Gasteiger charge is -2.22. The Labute approximate surface area is 143 Å². The van der Waals surface area contributed by atoms with E-state index in [1.807, 2.05) is 12.1 Å². The van der Waals surface area contributed by atoms with Crippen LogP contribution >= 0.6 is 24.4 Å². The molecule has 1 aliphatic rings. The molecule has 1 heterocycles. The number of para-hydroxylation sites is 1. The molecule has 0 spiro atoms. The Morgan fingerprint density at radius 2 is 1.41 bits per heavy atom. The van der Waals surface area contributed by atoms with E-state index in [9.17, 15) is 0 Å². The van der Waals surface area contributed by atoms with Gasteiger partial charge >= 0.3 is 0 Å². The lowest BCUT2D eigenvalue weighted by molar-refractivity contribution is 0.718. The zero-order valence-corrected chi connectivity index (χ0v) is 14.3. The number of aryl methyl sites for hydroxylation is 1. The van der Waals surface area contributed by atoms with Gasteiger partial charge in [-0.2, -0.15) is 0 Å². The van der Waals surface area contributed by atoms with Crippen molar-refractivity contribution in [2.24, 2.45) is 0 Å². The summed E-state index contributed by atoms with van der Waals surface area (Å²) in [5, 5.41) is 0. The number of hydrogen-bond acceptors (Lipinski definition) is 2. The molecule has 3 heteroatoms. The normalized spacial score (nSPS) is 13.6. The molecule has 0 saturated heterocycles. The zero-order valence-electron chi connectivity index (χ0n) is 12.7. The lowest BCUT2D eigenvalue weighted by Crippen LogP contribution is -2.28. The molecule has 0 N–H and O–H groups in total. The Bertz CT molecular complexity index is 686. The van der Waals surface area contributed by atoms with E-state index in [1.165, 1.54) is 24.8 Å². The number of nitrogens with zero attached hydrogens (tertiary/aromatic N) is 1. The average molecular weight is 326 g/mol. The Morgan fingerprint density at radius 3 is 2.05 bits per heavy atom. The van der Waals surface area contributed by atoms with Crippen molar-refractivity contribution in [3.05, 3.63) is 65.2 Å². The first kappa shape index (κ1) is 15.3. The van der Waals surface area contributed by atoms with Gasteiger partial charge in [0.2, 0.25) is 0 Å². The molecular formula is C19H19NS2. The summed E-state index contributed by atoms with van der Waals surface area (Å²) in [6.07, 6.45) is 4.76. The van der Waals surface area contributed by atoms with Crippen LogP contribution in [0.25, 0.3) is 0 Å². The van der Waals surface area contributed by atoms with Crippen LogP contribution in [0.2, 0.25) is 0 Å². The molecule has 0 atom stereocenters. The van der Waals surface area contributed by atoms with Gasteiger partial charge in [0.1, 0.15) is 9.98 Å². The fourth-order valence-corrected chi connectivity index (χ4v) is 3.71. The van der Waals surface area contributed by atoms with E-state index >= 15 is 0 Å². The molecule has 0 radical (unpaired) electrons. The van der Waals surface area contributed by atoms with E-state index in [4.69, 9.17) is 24.4 Å². The fourth-order valence-electron chi connectivity index (χ4n) is 2.91. The maximum Gasteiger partial charge on any atom is 0.119 e. The molecule has 0 saturated carbocycles. The highest BCUT2D eigenvalue weighted by atomic mass is 32.1. The average Bonchev–Trinajstić information content (AvgIpc) is 2.80. The van der Waals surface area contributed by atoms with Crippen molar-refractivity contribution in [3.8, 4) is 0 Å². The number of thiocarbonyl (C=S) groups is 2. The van der Waals surface area contributed by atoms with Gasteiger partial charge in [-0.1, -0.05) is 86.7 Å². The van der Waals surface area contributed by atoms with Crippen LogP contribution in [0, 0.1) is 0 Å². The largest absolute Gasteiger partial charge is 0.290 e. The van der Waals surface area contributed by atoms with Crippen molar-refractivity contribution in [1.82, 2.24) is 0 Å². The summed E-state index contributed by atoms with van der Waals surface area (Å²) in [4.78, 5) is 3.71. The molecule has 0 aromatic heterocycles. The van der Waals surface area contributed by atoms with E-state index in [2.05, 4.69) is 48.2 Å². The predicted molar refractivity (Wildman–Crippen MR) is 102 cm³/mol. The molecular weight excluding hydrogens is 306 g/mol. The first-order valence-electron chi connectivity index (χ1n) is 7.79. The molecule has 1 aliphatic heterocycles. The third-order valence-electron chi connectivity index (χ3n) is 4.08. The number of fused-ring (bicyclic) bond motifs is 1. The predicted octanol–water partition coefficient (Wildman–Crippen LogP) is 5.29. The van der Waals surface area contributed by atoms with Gasteiger partial charge in [0.25, 0.3) is 0 Å². The second-order valence-electron chi connectivity index (χ2n) is 5.58. The van der Waals surface area contributed by atoms with Crippen LogP contribution in [0.4, 0.5) is 5.69 Å². The van der Waals surface area contributed by atoms with E-state index in [1.54, 1.807) is 0 Å². The van der Waals surface area contributed by atoms with E-state index in [-0.39, 0.29) is 0 Å². The van der Waals surface area contributed by atoms with Crippen LogP contribution in [0.3, 0.4) is 0 Å². The molecule has 0 fully saturated rings. The standard InChI is InChI=1S/C19H19NS2/c1-2-3-4-9-14-10-5-8-13-17(14)20-18(21)15-11-6-7-12-16(15)19(20)22/h5-8,10-13H,2-4,9H2,1H3. The number of rotatable bonds is 5. The minimum Gasteiger partial charge on any atom is -0.290 e. The summed E-state index contributed by atoms with van der Waals surface area (Å²) in [5.74, 6) is 0. The second-order valence-corrected chi connectivity index (χ2v) is 6.35. The highest BCUT2D eigenvalue weighted by molar-refractivity contribution is 7.83. The zero-order chi connectivity index (χ0) is 15.5. The summed E-state index contributed by atoms with van der Waals surface area (Å²) in [5.41, 5.74) is 4.62. The van der Waals surface area contributed by atoms with E-state index < -0.39 is 0 Å². The minimum absolute atomic E-state index is 0.823. The summed E-state index contributed by atoms with van der Waals surface area (Å²) in [6.45, 7) is 2.23. The van der Waals surface area contributed by atoms with Gasteiger partial charge in [0.15, 0.2) is 0 Å². The van der Waals surface area contributed by atoms with Crippen molar-refractivity contribution in [2.75, 3.05) is 4.90 Å². The first-order chi connectivity index (χ1) is 10.7. The molecule has 0 unspecified atom stereocenters. The second kappa shape index (κ2) is 6.67. The Balaban J connectivity index is 1.96. The van der Waals surface area contributed by atoms with Crippen LogP contribution in [-0.2, 0) is 6.42 Å². The Morgan fingerprint density at radius 1 is 0.818 bits per heavy atom. The highest BCUT2D eigenvalue weighted by Gasteiger charge is 2.30. The van der Waals surface area contributed by atoms with Crippen molar-refractivity contribution in [2.45, 2.75) is 32.6 Å². The summed E-state index contributed by atoms with van der Waals surface area (Å²) >= 11 is 11.4. The van der Waals surface area contributed by atoms with Crippen molar-refractivity contribution in [3.63, 3.8) is 0 Å². The molecule has 22 heavy (non-hydrogen) atoms. The number of unbranched alkanes of at least 4 members (excludes halogenated alkanes) is 2. The molecule has 0 amide bonds. The van der Waals surface area contributed by atoms with Gasteiger partial charge in [-0.25, -0.2) is 0 Å². The smallest absolute Gasteiger partial charge is 0.119 e. The van der Waals surface area contributed by atoms with Gasteiger partial charge in [-0.05, 0) is 24.5 Å². The van der Waals surface area contributed by atoms with Crippen LogP contribution in [0.5, 0.6) is 0 Å². The summed E-state index contributed by atoms with van der Waals surface area (Å²) < 4.78 is 0. The SMILES string of the molecule is CCCCCc1ccccc1N1C(=S)c2ccccc2C1=S. The Hall–Kier alpha value is -1.58. The maximum atomic E-state index is 5.69. The Kier molecular flexibility index (Phi) is 4.65. The van der Waals surface area contributed by atoms with E-state index in [0.717, 1.165) is 33.2 Å². The van der Waals surface area contributed by atoms with Crippen LogP contribution in [0.1, 0.15) is 42.9 Å². The molecule has 112 valence electrons. The van der Waals surface area contributed by atoms with Gasteiger partial charge in [-0.3, -0.25) is 4.90 Å². The van der Waals surface area contributed by atoms with Crippen LogP contribution in [0.15, 0.2) is 48.5 Å². The summed E-state index contributed by atoms with van der Waals surface area (Å²) in [7, 11) is 0. The number of hydrogen-bond donors (Lipinski definition) is 0. The van der Waals surface area contributed by atoms with Crippen LogP contribution < -0.4 is 4.90 Å². The first-order valence-corrected chi connectivity index (χ1v) is 8.61. The minimum atomic E-state index is 0.823. The molecule has 2 aromatic carbocycles. The third-order valence-corrected chi connectivity index (χ3v) is 4.88. The monoisotopic (exact) mass is 325 g/mol. The van der Waals surface area contributed by atoms with Crippen LogP contribution in [-0.4, -0.2) is 9.98 Å². The molecule has 2 aromatic rings. The quantitative estimate of drug-likeness (QED) is 0.543. The molecule has 1 nitrogen and oxygen atoms in total. The maximum absolute atomic E-state index is 5.69. The van der Waals surface area contributed by atoms with Gasteiger partial charge < -0.3 is 0 Å². The third kappa shape index (κ3) is 2.71. The highest BCUT2D eigenvalue weighted by Crippen LogP contribution is 2.32. The van der Waals surface area contributed by atoms with Gasteiger partial charge in [0.05, 0.1) is 5.69 Å². The van der Waals surface area contributed by atoms with E-state index in [0.29, 0.717) is 0 Å². The number of anilines is 1. The van der Waals surface area contributed by atoms with Crippen molar-refractivity contribution >= 4 is 40.1 Å². The van der Waals surface area contributed by atoms with Crippen molar-refractivity contribution < 1.29 is 0 Å². The fraction of sp³-hybridized carbons (Fsp3) is 0.263. The molecule has 3 rings (SSSR count). The summed E-state index contributed by atoms with van der Waals surface area (Å²) in [6, 6.07) is 16.6.